The fourth-order valence-electron chi connectivity index (χ4n) is 1.83. The molecule has 0 bridgehead atoms. The van der Waals surface area contributed by atoms with E-state index in [1.807, 2.05) is 0 Å². The average Bonchev–Trinajstić information content (AvgIpc) is 2.53. The SMILES string of the molecule is O=C(Cc1ccc([N+](=O)[O-])cc1)NNC(=O)c1ccc(Cl)cc1Cl. The molecule has 0 radical (unpaired) electrons. The molecule has 2 N–H and O–H groups in total. The first kappa shape index (κ1) is 17.7. The van der Waals surface area contributed by atoms with Crippen molar-refractivity contribution in [2.45, 2.75) is 6.42 Å². The zero-order valence-corrected chi connectivity index (χ0v) is 13.6. The monoisotopic (exact) mass is 367 g/mol. The summed E-state index contributed by atoms with van der Waals surface area (Å²) < 4.78 is 0. The van der Waals surface area contributed by atoms with E-state index in [9.17, 15) is 19.7 Å². The lowest BCUT2D eigenvalue weighted by Crippen LogP contribution is -2.42. The molecule has 124 valence electrons. The van der Waals surface area contributed by atoms with E-state index in [-0.39, 0.29) is 22.7 Å². The Kier molecular flexibility index (Phi) is 5.73. The molecule has 0 spiro atoms. The summed E-state index contributed by atoms with van der Waals surface area (Å²) in [5, 5.41) is 11.1. The molecule has 0 saturated carbocycles. The molecule has 0 heterocycles. The number of rotatable bonds is 4. The normalized spacial score (nSPS) is 10.1. The predicted octanol–water partition coefficient (Wildman–Crippen LogP) is 2.91. The maximum atomic E-state index is 11.9. The summed E-state index contributed by atoms with van der Waals surface area (Å²) in [6, 6.07) is 9.88. The van der Waals surface area contributed by atoms with Gasteiger partial charge in [-0.25, -0.2) is 0 Å². The van der Waals surface area contributed by atoms with Gasteiger partial charge in [0.2, 0.25) is 5.91 Å². The van der Waals surface area contributed by atoms with Gasteiger partial charge in [-0.3, -0.25) is 30.6 Å². The highest BCUT2D eigenvalue weighted by molar-refractivity contribution is 6.36. The van der Waals surface area contributed by atoms with Crippen LogP contribution in [0.5, 0.6) is 0 Å². The van der Waals surface area contributed by atoms with Gasteiger partial charge in [0.05, 0.1) is 21.9 Å². The third kappa shape index (κ3) is 4.68. The van der Waals surface area contributed by atoms with Gasteiger partial charge in [0, 0.05) is 17.2 Å². The molecular formula is C15H11Cl2N3O4. The molecule has 2 aromatic rings. The molecule has 2 rings (SSSR count). The molecule has 0 aromatic heterocycles. The molecule has 2 amide bonds. The predicted molar refractivity (Wildman–Crippen MR) is 88.9 cm³/mol. The number of benzene rings is 2. The van der Waals surface area contributed by atoms with Gasteiger partial charge in [-0.2, -0.15) is 0 Å². The van der Waals surface area contributed by atoms with Crippen LogP contribution < -0.4 is 10.9 Å². The molecule has 0 aliphatic carbocycles. The average molecular weight is 368 g/mol. The zero-order chi connectivity index (χ0) is 17.7. The number of hydrazine groups is 1. The summed E-state index contributed by atoms with van der Waals surface area (Å²) in [7, 11) is 0. The lowest BCUT2D eigenvalue weighted by molar-refractivity contribution is -0.384. The van der Waals surface area contributed by atoms with Crippen LogP contribution in [0.3, 0.4) is 0 Å². The first-order valence-corrected chi connectivity index (χ1v) is 7.40. The van der Waals surface area contributed by atoms with E-state index in [4.69, 9.17) is 23.2 Å². The van der Waals surface area contributed by atoms with Crippen molar-refractivity contribution in [2.24, 2.45) is 0 Å². The molecule has 9 heteroatoms. The van der Waals surface area contributed by atoms with E-state index in [0.29, 0.717) is 10.6 Å². The maximum absolute atomic E-state index is 11.9. The first-order valence-electron chi connectivity index (χ1n) is 6.64. The Bertz CT molecular complexity index is 794. The number of non-ortho nitro benzene ring substituents is 1. The highest BCUT2D eigenvalue weighted by Crippen LogP contribution is 2.20. The van der Waals surface area contributed by atoms with Crippen molar-refractivity contribution in [1.82, 2.24) is 10.9 Å². The van der Waals surface area contributed by atoms with Crippen molar-refractivity contribution < 1.29 is 14.5 Å². The van der Waals surface area contributed by atoms with Crippen LogP contribution in [0, 0.1) is 10.1 Å². The topological polar surface area (TPSA) is 101 Å². The second-order valence-corrected chi connectivity index (χ2v) is 5.57. The minimum atomic E-state index is -0.589. The smallest absolute Gasteiger partial charge is 0.271 e. The van der Waals surface area contributed by atoms with Crippen LogP contribution in [-0.2, 0) is 11.2 Å². The molecule has 0 fully saturated rings. The minimum Gasteiger partial charge on any atom is -0.273 e. The largest absolute Gasteiger partial charge is 0.273 e. The molecule has 0 aliphatic heterocycles. The van der Waals surface area contributed by atoms with Crippen LogP contribution in [0.1, 0.15) is 15.9 Å². The number of nitrogens with one attached hydrogen (secondary N) is 2. The Morgan fingerprint density at radius 2 is 1.71 bits per heavy atom. The Labute approximate surface area is 146 Å². The number of nitro groups is 1. The Morgan fingerprint density at radius 3 is 2.29 bits per heavy atom. The van der Waals surface area contributed by atoms with E-state index in [2.05, 4.69) is 10.9 Å². The summed E-state index contributed by atoms with van der Waals surface area (Å²) in [5.74, 6) is -1.07. The standard InChI is InChI=1S/C15H11Cl2N3O4/c16-10-3-6-12(13(17)8-10)15(22)19-18-14(21)7-9-1-4-11(5-2-9)20(23)24/h1-6,8H,7H2,(H,18,21)(H,19,22). The van der Waals surface area contributed by atoms with Crippen molar-refractivity contribution in [1.29, 1.82) is 0 Å². The minimum absolute atomic E-state index is 0.0490. The number of carbonyl (C=O) groups is 2. The van der Waals surface area contributed by atoms with Crippen molar-refractivity contribution in [3.8, 4) is 0 Å². The van der Waals surface area contributed by atoms with E-state index >= 15 is 0 Å². The number of hydrogen-bond donors (Lipinski definition) is 2. The first-order chi connectivity index (χ1) is 11.4. The highest BCUT2D eigenvalue weighted by atomic mass is 35.5. The van der Waals surface area contributed by atoms with Crippen molar-refractivity contribution >= 4 is 40.7 Å². The third-order valence-electron chi connectivity index (χ3n) is 3.00. The number of halogens is 2. The number of nitro benzene ring substituents is 1. The van der Waals surface area contributed by atoms with Crippen LogP contribution in [-0.4, -0.2) is 16.7 Å². The number of carbonyl (C=O) groups excluding carboxylic acids is 2. The zero-order valence-electron chi connectivity index (χ0n) is 12.1. The quantitative estimate of drug-likeness (QED) is 0.640. The van der Waals surface area contributed by atoms with E-state index < -0.39 is 16.7 Å². The van der Waals surface area contributed by atoms with Crippen molar-refractivity contribution in [2.75, 3.05) is 0 Å². The van der Waals surface area contributed by atoms with Gasteiger partial charge in [0.15, 0.2) is 0 Å². The van der Waals surface area contributed by atoms with Crippen molar-refractivity contribution in [3.05, 3.63) is 73.8 Å². The number of hydrogen-bond acceptors (Lipinski definition) is 4. The van der Waals surface area contributed by atoms with Gasteiger partial charge in [0.25, 0.3) is 11.6 Å². The van der Waals surface area contributed by atoms with Gasteiger partial charge < -0.3 is 0 Å². The molecule has 0 atom stereocenters. The Hall–Kier alpha value is -2.64. The van der Waals surface area contributed by atoms with Gasteiger partial charge in [0.1, 0.15) is 0 Å². The third-order valence-corrected chi connectivity index (χ3v) is 3.55. The van der Waals surface area contributed by atoms with Gasteiger partial charge in [-0.15, -0.1) is 0 Å². The molecule has 0 aliphatic rings. The van der Waals surface area contributed by atoms with Crippen LogP contribution in [0.2, 0.25) is 10.0 Å². The molecule has 7 nitrogen and oxygen atoms in total. The lowest BCUT2D eigenvalue weighted by Gasteiger charge is -2.08. The second-order valence-electron chi connectivity index (χ2n) is 4.73. The van der Waals surface area contributed by atoms with Gasteiger partial charge in [-0.05, 0) is 23.8 Å². The van der Waals surface area contributed by atoms with Crippen LogP contribution >= 0.6 is 23.2 Å². The van der Waals surface area contributed by atoms with E-state index in [1.54, 1.807) is 0 Å². The number of amides is 2. The van der Waals surface area contributed by atoms with Crippen molar-refractivity contribution in [3.63, 3.8) is 0 Å². The summed E-state index contributed by atoms with van der Waals surface area (Å²) in [4.78, 5) is 33.7. The van der Waals surface area contributed by atoms with Crippen LogP contribution in [0.4, 0.5) is 5.69 Å². The summed E-state index contributed by atoms with van der Waals surface area (Å²) in [6.45, 7) is 0. The number of nitrogens with zero attached hydrogens (tertiary/aromatic N) is 1. The molecule has 0 saturated heterocycles. The molecule has 24 heavy (non-hydrogen) atoms. The van der Waals surface area contributed by atoms with E-state index in [0.717, 1.165) is 0 Å². The molecule has 2 aromatic carbocycles. The van der Waals surface area contributed by atoms with Gasteiger partial charge >= 0.3 is 0 Å². The molecular weight excluding hydrogens is 357 g/mol. The second kappa shape index (κ2) is 7.76. The summed E-state index contributed by atoms with van der Waals surface area (Å²) in [5.41, 5.74) is 5.14. The Morgan fingerprint density at radius 1 is 1.04 bits per heavy atom. The van der Waals surface area contributed by atoms with E-state index in [1.165, 1.54) is 42.5 Å². The molecule has 0 unspecified atom stereocenters. The fourth-order valence-corrected chi connectivity index (χ4v) is 2.33. The maximum Gasteiger partial charge on any atom is 0.271 e. The Balaban J connectivity index is 1.90. The summed E-state index contributed by atoms with van der Waals surface area (Å²) in [6.07, 6.45) is -0.0490. The highest BCUT2D eigenvalue weighted by Gasteiger charge is 2.12. The van der Waals surface area contributed by atoms with Crippen LogP contribution in [0.15, 0.2) is 42.5 Å². The fraction of sp³-hybridized carbons (Fsp3) is 0.0667. The lowest BCUT2D eigenvalue weighted by atomic mass is 10.1. The van der Waals surface area contributed by atoms with Crippen LogP contribution in [0.25, 0.3) is 0 Å². The summed E-state index contributed by atoms with van der Waals surface area (Å²) >= 11 is 11.6. The van der Waals surface area contributed by atoms with Gasteiger partial charge in [-0.1, -0.05) is 35.3 Å².